The Bertz CT molecular complexity index is 584. The average Bonchev–Trinajstić information content (AvgIpc) is 3.17. The number of ether oxygens (including phenoxy) is 1. The molecule has 2 amide bonds. The number of carbonyl (C=O) groups is 2. The fourth-order valence-electron chi connectivity index (χ4n) is 3.88. The molecule has 3 rings (SSSR count). The fourth-order valence-corrected chi connectivity index (χ4v) is 3.88. The molecule has 1 atom stereocenters. The van der Waals surface area contributed by atoms with Gasteiger partial charge in [-0.2, -0.15) is 0 Å². The average molecular weight is 344 g/mol. The Hall–Kier alpha value is -2.04. The molecule has 1 heterocycles. The van der Waals surface area contributed by atoms with Gasteiger partial charge in [-0.15, -0.1) is 0 Å². The first kappa shape index (κ1) is 17.8. The Kier molecular flexibility index (Phi) is 5.95. The molecule has 0 spiro atoms. The van der Waals surface area contributed by atoms with Crippen molar-refractivity contribution in [2.24, 2.45) is 5.92 Å². The summed E-state index contributed by atoms with van der Waals surface area (Å²) in [5.41, 5.74) is 0. The summed E-state index contributed by atoms with van der Waals surface area (Å²) in [6, 6.07) is 9.99. The molecule has 5 heteroatoms. The van der Waals surface area contributed by atoms with Gasteiger partial charge in [-0.3, -0.25) is 9.59 Å². The van der Waals surface area contributed by atoms with Gasteiger partial charge in [0.25, 0.3) is 0 Å². The monoisotopic (exact) mass is 344 g/mol. The van der Waals surface area contributed by atoms with Crippen molar-refractivity contribution in [3.8, 4) is 5.75 Å². The summed E-state index contributed by atoms with van der Waals surface area (Å²) in [7, 11) is 1.83. The lowest BCUT2D eigenvalue weighted by molar-refractivity contribution is -0.144. The van der Waals surface area contributed by atoms with Crippen LogP contribution < -0.4 is 4.74 Å². The molecular formula is C20H28N2O3. The van der Waals surface area contributed by atoms with Gasteiger partial charge in [0.1, 0.15) is 12.4 Å². The van der Waals surface area contributed by atoms with Crippen LogP contribution in [0, 0.1) is 5.92 Å². The first-order valence-corrected chi connectivity index (χ1v) is 9.37. The predicted octanol–water partition coefficient (Wildman–Crippen LogP) is 2.71. The first-order valence-electron chi connectivity index (χ1n) is 9.37. The number of likely N-dealkylation sites (tertiary alicyclic amines) is 1. The molecule has 136 valence electrons. The van der Waals surface area contributed by atoms with E-state index in [1.165, 1.54) is 12.8 Å². The standard InChI is InChI=1S/C20H28N2O3/c1-21(13-14-25-18-9-3-2-4-10-18)20(24)16-11-12-19(23)22(15-16)17-7-5-6-8-17/h2-4,9-10,16-17H,5-8,11-15H2,1H3. The van der Waals surface area contributed by atoms with Crippen LogP contribution in [0.15, 0.2) is 30.3 Å². The number of hydrogen-bond acceptors (Lipinski definition) is 3. The number of rotatable bonds is 6. The number of para-hydroxylation sites is 1. The number of piperidine rings is 1. The highest BCUT2D eigenvalue weighted by Crippen LogP contribution is 2.29. The van der Waals surface area contributed by atoms with Crippen LogP contribution in [0.4, 0.5) is 0 Å². The summed E-state index contributed by atoms with van der Waals surface area (Å²) in [5.74, 6) is 1.11. The van der Waals surface area contributed by atoms with E-state index in [-0.39, 0.29) is 17.7 Å². The fraction of sp³-hybridized carbons (Fsp3) is 0.600. The number of nitrogens with zero attached hydrogens (tertiary/aromatic N) is 2. The Balaban J connectivity index is 1.48. The number of likely N-dealkylation sites (N-methyl/N-ethyl adjacent to an activating group) is 1. The normalized spacial score (nSPS) is 21.4. The molecule has 1 saturated heterocycles. The van der Waals surface area contributed by atoms with Gasteiger partial charge in [0, 0.05) is 26.1 Å². The van der Waals surface area contributed by atoms with Crippen LogP contribution in [0.3, 0.4) is 0 Å². The third kappa shape index (κ3) is 4.53. The third-order valence-corrected chi connectivity index (χ3v) is 5.37. The molecule has 1 unspecified atom stereocenters. The SMILES string of the molecule is CN(CCOc1ccccc1)C(=O)C1CCC(=O)N(C2CCCC2)C1. The van der Waals surface area contributed by atoms with Gasteiger partial charge in [0.05, 0.1) is 12.5 Å². The molecule has 0 radical (unpaired) electrons. The van der Waals surface area contributed by atoms with Crippen LogP contribution in [0.1, 0.15) is 38.5 Å². The van der Waals surface area contributed by atoms with Gasteiger partial charge >= 0.3 is 0 Å². The molecule has 0 N–H and O–H groups in total. The molecule has 1 aliphatic heterocycles. The molecule has 1 saturated carbocycles. The number of hydrogen-bond donors (Lipinski definition) is 0. The zero-order chi connectivity index (χ0) is 17.6. The van der Waals surface area contributed by atoms with Crippen LogP contribution in [0.5, 0.6) is 5.75 Å². The number of amides is 2. The molecular weight excluding hydrogens is 316 g/mol. The van der Waals surface area contributed by atoms with Crippen LogP contribution in [-0.2, 0) is 9.59 Å². The van der Waals surface area contributed by atoms with E-state index in [9.17, 15) is 9.59 Å². The highest BCUT2D eigenvalue weighted by molar-refractivity contribution is 5.84. The minimum atomic E-state index is -0.0694. The molecule has 2 aliphatic rings. The van der Waals surface area contributed by atoms with Gasteiger partial charge in [-0.25, -0.2) is 0 Å². The highest BCUT2D eigenvalue weighted by Gasteiger charge is 2.36. The zero-order valence-electron chi connectivity index (χ0n) is 15.0. The maximum Gasteiger partial charge on any atom is 0.227 e. The smallest absolute Gasteiger partial charge is 0.227 e. The van der Waals surface area contributed by atoms with Crippen molar-refractivity contribution in [1.82, 2.24) is 9.80 Å². The van der Waals surface area contributed by atoms with Gasteiger partial charge in [0.2, 0.25) is 11.8 Å². The summed E-state index contributed by atoms with van der Waals surface area (Å²) in [6.45, 7) is 1.62. The van der Waals surface area contributed by atoms with Crippen molar-refractivity contribution in [2.75, 3.05) is 26.7 Å². The van der Waals surface area contributed by atoms with Crippen molar-refractivity contribution in [3.05, 3.63) is 30.3 Å². The molecule has 2 fully saturated rings. The first-order chi connectivity index (χ1) is 12.1. The molecule has 1 aromatic carbocycles. The topological polar surface area (TPSA) is 49.9 Å². The third-order valence-electron chi connectivity index (χ3n) is 5.37. The summed E-state index contributed by atoms with van der Waals surface area (Å²) in [6.07, 6.45) is 5.75. The van der Waals surface area contributed by atoms with Crippen LogP contribution in [-0.4, -0.2) is 54.4 Å². The maximum atomic E-state index is 12.7. The maximum absolute atomic E-state index is 12.7. The van der Waals surface area contributed by atoms with Crippen LogP contribution in [0.25, 0.3) is 0 Å². The van der Waals surface area contributed by atoms with Crippen LogP contribution in [0.2, 0.25) is 0 Å². The lowest BCUT2D eigenvalue weighted by Crippen LogP contribution is -2.49. The minimum absolute atomic E-state index is 0.0694. The van der Waals surface area contributed by atoms with E-state index in [4.69, 9.17) is 4.74 Å². The summed E-state index contributed by atoms with van der Waals surface area (Å²) < 4.78 is 5.68. The van der Waals surface area contributed by atoms with E-state index >= 15 is 0 Å². The van der Waals surface area contributed by atoms with Gasteiger partial charge in [0.15, 0.2) is 0 Å². The molecule has 25 heavy (non-hydrogen) atoms. The Morgan fingerprint density at radius 2 is 1.92 bits per heavy atom. The van der Waals surface area contributed by atoms with E-state index in [0.29, 0.717) is 38.6 Å². The van der Waals surface area contributed by atoms with Crippen LogP contribution >= 0.6 is 0 Å². The second kappa shape index (κ2) is 8.37. The zero-order valence-corrected chi connectivity index (χ0v) is 15.0. The molecule has 0 aromatic heterocycles. The number of benzene rings is 1. The van der Waals surface area contributed by atoms with Crippen molar-refractivity contribution >= 4 is 11.8 Å². The van der Waals surface area contributed by atoms with Crippen molar-refractivity contribution in [1.29, 1.82) is 0 Å². The van der Waals surface area contributed by atoms with E-state index < -0.39 is 0 Å². The minimum Gasteiger partial charge on any atom is -0.492 e. The Morgan fingerprint density at radius 3 is 2.64 bits per heavy atom. The molecule has 1 aliphatic carbocycles. The van der Waals surface area contributed by atoms with Crippen molar-refractivity contribution < 1.29 is 14.3 Å². The van der Waals surface area contributed by atoms with Gasteiger partial charge in [-0.1, -0.05) is 31.0 Å². The van der Waals surface area contributed by atoms with E-state index in [2.05, 4.69) is 0 Å². The predicted molar refractivity (Wildman–Crippen MR) is 96.3 cm³/mol. The lowest BCUT2D eigenvalue weighted by atomic mass is 9.94. The number of carbonyl (C=O) groups excluding carboxylic acids is 2. The highest BCUT2D eigenvalue weighted by atomic mass is 16.5. The summed E-state index contributed by atoms with van der Waals surface area (Å²) in [4.78, 5) is 28.7. The summed E-state index contributed by atoms with van der Waals surface area (Å²) in [5, 5.41) is 0. The molecule has 1 aromatic rings. The van der Waals surface area contributed by atoms with Gasteiger partial charge in [-0.05, 0) is 31.4 Å². The van der Waals surface area contributed by atoms with Gasteiger partial charge < -0.3 is 14.5 Å². The van der Waals surface area contributed by atoms with E-state index in [1.54, 1.807) is 4.90 Å². The molecule has 0 bridgehead atoms. The van der Waals surface area contributed by atoms with Crippen molar-refractivity contribution in [3.63, 3.8) is 0 Å². The van der Waals surface area contributed by atoms with Crippen molar-refractivity contribution in [2.45, 2.75) is 44.6 Å². The summed E-state index contributed by atoms with van der Waals surface area (Å²) >= 11 is 0. The second-order valence-electron chi connectivity index (χ2n) is 7.14. The Morgan fingerprint density at radius 1 is 1.20 bits per heavy atom. The van der Waals surface area contributed by atoms with E-state index in [0.717, 1.165) is 18.6 Å². The van der Waals surface area contributed by atoms with E-state index in [1.807, 2.05) is 42.3 Å². The second-order valence-corrected chi connectivity index (χ2v) is 7.14. The largest absolute Gasteiger partial charge is 0.492 e. The quantitative estimate of drug-likeness (QED) is 0.797. The molecule has 5 nitrogen and oxygen atoms in total. The Labute approximate surface area is 149 Å². The lowest BCUT2D eigenvalue weighted by Gasteiger charge is -2.37.